The molecule has 0 saturated heterocycles. The molecule has 21 heavy (non-hydrogen) atoms. The Morgan fingerprint density at radius 3 is 2.29 bits per heavy atom. The summed E-state index contributed by atoms with van der Waals surface area (Å²) >= 11 is 0. The molecule has 0 bridgehead atoms. The molecule has 0 spiro atoms. The molecule has 114 valence electrons. The number of aromatic nitrogens is 2. The topological polar surface area (TPSA) is 51.0 Å². The van der Waals surface area contributed by atoms with Gasteiger partial charge in [-0.3, -0.25) is 0 Å². The number of benzene rings is 1. The van der Waals surface area contributed by atoms with Crippen LogP contribution in [-0.4, -0.2) is 22.3 Å². The Morgan fingerprint density at radius 1 is 1.10 bits per heavy atom. The van der Waals surface area contributed by atoms with Crippen molar-refractivity contribution in [1.29, 1.82) is 0 Å². The fourth-order valence-electron chi connectivity index (χ4n) is 1.75. The standard InChI is InChI=1S/C14H16F3N3O/c1-14(2,3)18-5-4-11-19-20-13(21-11)12-9(16)6-8(15)7-10(12)17/h6-7,18H,4-5H2,1-3H3. The average Bonchev–Trinajstić information content (AvgIpc) is 2.74. The Bertz CT molecular complexity index is 612. The van der Waals surface area contributed by atoms with Crippen molar-refractivity contribution in [2.24, 2.45) is 0 Å². The molecule has 1 heterocycles. The van der Waals surface area contributed by atoms with E-state index in [0.717, 1.165) is 0 Å². The molecule has 7 heteroatoms. The second-order valence-electron chi connectivity index (χ2n) is 5.67. The van der Waals surface area contributed by atoms with Crippen molar-refractivity contribution in [3.63, 3.8) is 0 Å². The fraction of sp³-hybridized carbons (Fsp3) is 0.429. The van der Waals surface area contributed by atoms with Crippen LogP contribution < -0.4 is 5.32 Å². The van der Waals surface area contributed by atoms with Gasteiger partial charge in [-0.1, -0.05) is 0 Å². The summed E-state index contributed by atoms with van der Waals surface area (Å²) in [6.07, 6.45) is 0.425. The van der Waals surface area contributed by atoms with E-state index < -0.39 is 23.0 Å². The Morgan fingerprint density at radius 2 is 1.71 bits per heavy atom. The van der Waals surface area contributed by atoms with Crippen LogP contribution in [0.5, 0.6) is 0 Å². The lowest BCUT2D eigenvalue weighted by molar-refractivity contribution is 0.411. The highest BCUT2D eigenvalue weighted by Gasteiger charge is 2.19. The third-order valence-electron chi connectivity index (χ3n) is 2.68. The smallest absolute Gasteiger partial charge is 0.253 e. The van der Waals surface area contributed by atoms with Crippen LogP contribution >= 0.6 is 0 Å². The first kappa shape index (κ1) is 15.5. The molecule has 0 radical (unpaired) electrons. The zero-order valence-corrected chi connectivity index (χ0v) is 12.0. The van der Waals surface area contributed by atoms with Crippen molar-refractivity contribution in [3.05, 3.63) is 35.5 Å². The van der Waals surface area contributed by atoms with E-state index >= 15 is 0 Å². The number of nitrogens with one attached hydrogen (secondary N) is 1. The van der Waals surface area contributed by atoms with Gasteiger partial charge >= 0.3 is 0 Å². The van der Waals surface area contributed by atoms with E-state index in [1.54, 1.807) is 0 Å². The summed E-state index contributed by atoms with van der Waals surface area (Å²) in [5, 5.41) is 10.6. The number of hydrogen-bond donors (Lipinski definition) is 1. The van der Waals surface area contributed by atoms with Crippen molar-refractivity contribution in [2.45, 2.75) is 32.7 Å². The normalized spacial score (nSPS) is 11.9. The largest absolute Gasteiger partial charge is 0.420 e. The highest BCUT2D eigenvalue weighted by atomic mass is 19.1. The van der Waals surface area contributed by atoms with Gasteiger partial charge in [-0.2, -0.15) is 0 Å². The van der Waals surface area contributed by atoms with Crippen LogP contribution in [0.4, 0.5) is 13.2 Å². The number of rotatable bonds is 4. The Labute approximate surface area is 120 Å². The molecule has 0 fully saturated rings. The lowest BCUT2D eigenvalue weighted by atomic mass is 10.1. The lowest BCUT2D eigenvalue weighted by Gasteiger charge is -2.19. The SMILES string of the molecule is CC(C)(C)NCCc1nnc(-c2c(F)cc(F)cc2F)o1. The fourth-order valence-corrected chi connectivity index (χ4v) is 1.75. The van der Waals surface area contributed by atoms with Crippen LogP contribution in [-0.2, 0) is 6.42 Å². The molecule has 0 atom stereocenters. The summed E-state index contributed by atoms with van der Waals surface area (Å²) in [4.78, 5) is 0. The first-order valence-corrected chi connectivity index (χ1v) is 6.48. The number of nitrogens with zero attached hydrogens (tertiary/aromatic N) is 2. The minimum absolute atomic E-state index is 0.0575. The van der Waals surface area contributed by atoms with Crippen molar-refractivity contribution in [1.82, 2.24) is 15.5 Å². The number of halogens is 3. The molecule has 2 rings (SSSR count). The van der Waals surface area contributed by atoms with Crippen LogP contribution in [0, 0.1) is 17.5 Å². The summed E-state index contributed by atoms with van der Waals surface area (Å²) in [5.74, 6) is -3.19. The van der Waals surface area contributed by atoms with E-state index in [2.05, 4.69) is 15.5 Å². The molecule has 2 aromatic rings. The average molecular weight is 299 g/mol. The van der Waals surface area contributed by atoms with Gasteiger partial charge in [0.2, 0.25) is 5.89 Å². The summed E-state index contributed by atoms with van der Waals surface area (Å²) < 4.78 is 45.3. The first-order chi connectivity index (χ1) is 9.76. The van der Waals surface area contributed by atoms with Gasteiger partial charge in [-0.25, -0.2) is 13.2 Å². The maximum absolute atomic E-state index is 13.6. The van der Waals surface area contributed by atoms with Crippen LogP contribution in [0.25, 0.3) is 11.5 Å². The molecule has 0 saturated carbocycles. The van der Waals surface area contributed by atoms with Gasteiger partial charge < -0.3 is 9.73 Å². The minimum atomic E-state index is -1.07. The summed E-state index contributed by atoms with van der Waals surface area (Å²) in [5.41, 5.74) is -0.572. The van der Waals surface area contributed by atoms with Crippen LogP contribution in [0.3, 0.4) is 0 Å². The van der Waals surface area contributed by atoms with Crippen LogP contribution in [0.1, 0.15) is 26.7 Å². The Kier molecular flexibility index (Phi) is 4.32. The van der Waals surface area contributed by atoms with Crippen molar-refractivity contribution >= 4 is 0 Å². The van der Waals surface area contributed by atoms with Gasteiger partial charge in [0.1, 0.15) is 23.0 Å². The zero-order valence-electron chi connectivity index (χ0n) is 12.0. The van der Waals surface area contributed by atoms with Gasteiger partial charge in [-0.05, 0) is 20.8 Å². The van der Waals surface area contributed by atoms with Gasteiger partial charge in [-0.15, -0.1) is 10.2 Å². The van der Waals surface area contributed by atoms with E-state index in [4.69, 9.17) is 4.42 Å². The lowest BCUT2D eigenvalue weighted by Crippen LogP contribution is -2.37. The molecule has 1 aromatic heterocycles. The van der Waals surface area contributed by atoms with E-state index in [1.165, 1.54) is 0 Å². The van der Waals surface area contributed by atoms with E-state index in [0.29, 0.717) is 25.1 Å². The summed E-state index contributed by atoms with van der Waals surface area (Å²) in [6, 6.07) is 1.15. The molecule has 0 amide bonds. The van der Waals surface area contributed by atoms with Crippen LogP contribution in [0.15, 0.2) is 16.5 Å². The molecular weight excluding hydrogens is 283 g/mol. The highest BCUT2D eigenvalue weighted by molar-refractivity contribution is 5.54. The van der Waals surface area contributed by atoms with Gasteiger partial charge in [0, 0.05) is 30.6 Å². The molecule has 0 aliphatic heterocycles. The predicted octanol–water partition coefficient (Wildman–Crippen LogP) is 3.08. The quantitative estimate of drug-likeness (QED) is 0.942. The zero-order chi connectivity index (χ0) is 15.6. The molecule has 0 aliphatic carbocycles. The van der Waals surface area contributed by atoms with E-state index in [-0.39, 0.29) is 17.3 Å². The maximum Gasteiger partial charge on any atom is 0.253 e. The second kappa shape index (κ2) is 5.85. The molecule has 1 aromatic carbocycles. The minimum Gasteiger partial charge on any atom is -0.420 e. The Hall–Kier alpha value is -1.89. The Balaban J connectivity index is 2.13. The van der Waals surface area contributed by atoms with Crippen molar-refractivity contribution < 1.29 is 17.6 Å². The summed E-state index contributed by atoms with van der Waals surface area (Å²) in [7, 11) is 0. The van der Waals surface area contributed by atoms with Crippen molar-refractivity contribution in [2.75, 3.05) is 6.54 Å². The monoisotopic (exact) mass is 299 g/mol. The van der Waals surface area contributed by atoms with Gasteiger partial charge in [0.15, 0.2) is 0 Å². The second-order valence-corrected chi connectivity index (χ2v) is 5.67. The molecular formula is C14H16F3N3O. The van der Waals surface area contributed by atoms with Crippen LogP contribution in [0.2, 0.25) is 0 Å². The van der Waals surface area contributed by atoms with Crippen molar-refractivity contribution in [3.8, 4) is 11.5 Å². The molecule has 4 nitrogen and oxygen atoms in total. The predicted molar refractivity (Wildman–Crippen MR) is 71.1 cm³/mol. The maximum atomic E-state index is 13.6. The molecule has 0 aliphatic rings. The molecule has 0 unspecified atom stereocenters. The third kappa shape index (κ3) is 4.04. The number of hydrogen-bond acceptors (Lipinski definition) is 4. The van der Waals surface area contributed by atoms with Gasteiger partial charge in [0.05, 0.1) is 0 Å². The van der Waals surface area contributed by atoms with E-state index in [9.17, 15) is 13.2 Å². The highest BCUT2D eigenvalue weighted by Crippen LogP contribution is 2.25. The van der Waals surface area contributed by atoms with Gasteiger partial charge in [0.25, 0.3) is 5.89 Å². The third-order valence-corrected chi connectivity index (χ3v) is 2.68. The first-order valence-electron chi connectivity index (χ1n) is 6.48. The van der Waals surface area contributed by atoms with E-state index in [1.807, 2.05) is 20.8 Å². The molecule has 1 N–H and O–H groups in total. The summed E-state index contributed by atoms with van der Waals surface area (Å²) in [6.45, 7) is 6.61.